The zero-order valence-electron chi connectivity index (χ0n) is 13.1. The van der Waals surface area contributed by atoms with Gasteiger partial charge in [0.15, 0.2) is 0 Å². The second-order valence-electron chi connectivity index (χ2n) is 5.52. The van der Waals surface area contributed by atoms with Crippen molar-refractivity contribution in [1.82, 2.24) is 9.97 Å². The molecular formula is C17H13FN2O2S3. The van der Waals surface area contributed by atoms with Crippen molar-refractivity contribution in [2.45, 2.75) is 22.7 Å². The zero-order chi connectivity index (χ0) is 17.7. The van der Waals surface area contributed by atoms with Crippen molar-refractivity contribution in [2.24, 2.45) is 0 Å². The van der Waals surface area contributed by atoms with Gasteiger partial charge in [-0.15, -0.1) is 22.7 Å². The van der Waals surface area contributed by atoms with E-state index >= 15 is 4.39 Å². The van der Waals surface area contributed by atoms with Crippen molar-refractivity contribution < 1.29 is 12.8 Å². The normalized spacial score (nSPS) is 14.8. The molecule has 0 amide bonds. The molecule has 0 spiro atoms. The lowest BCUT2D eigenvalue weighted by molar-refractivity contribution is 0.262. The van der Waals surface area contributed by atoms with Crippen molar-refractivity contribution in [3.8, 4) is 0 Å². The third-order valence-corrected chi connectivity index (χ3v) is 8.92. The molecule has 0 saturated heterocycles. The number of sulfone groups is 1. The first-order chi connectivity index (χ1) is 12.0. The van der Waals surface area contributed by atoms with Gasteiger partial charge in [-0.05, 0) is 24.3 Å². The number of benzene rings is 2. The maximum Gasteiger partial charge on any atom is 0.268 e. The number of thiazole rings is 2. The monoisotopic (exact) mass is 392 g/mol. The molecule has 0 aliphatic carbocycles. The SMILES string of the molecule is CCC(F)(c1nc2ccccc2s1)S(=O)(=O)c1nc2ccccc2s1. The summed E-state index contributed by atoms with van der Waals surface area (Å²) in [7, 11) is -4.32. The molecule has 2 heterocycles. The van der Waals surface area contributed by atoms with Crippen LogP contribution in [0.4, 0.5) is 4.39 Å². The number of hydrogen-bond donors (Lipinski definition) is 0. The molecule has 1 atom stereocenters. The molecule has 128 valence electrons. The van der Waals surface area contributed by atoms with E-state index in [-0.39, 0.29) is 15.8 Å². The van der Waals surface area contributed by atoms with Gasteiger partial charge in [-0.25, -0.2) is 22.8 Å². The van der Waals surface area contributed by atoms with E-state index in [0.717, 1.165) is 27.4 Å². The van der Waals surface area contributed by atoms with Crippen LogP contribution in [0.3, 0.4) is 0 Å². The summed E-state index contributed by atoms with van der Waals surface area (Å²) in [4.78, 5) is 8.39. The summed E-state index contributed by atoms with van der Waals surface area (Å²) in [6.07, 6.45) is -0.231. The fraction of sp³-hybridized carbons (Fsp3) is 0.176. The number of hydrogen-bond acceptors (Lipinski definition) is 6. The van der Waals surface area contributed by atoms with Crippen LogP contribution < -0.4 is 0 Å². The lowest BCUT2D eigenvalue weighted by Gasteiger charge is -2.19. The minimum Gasteiger partial charge on any atom is -0.237 e. The molecule has 0 fully saturated rings. The number of rotatable bonds is 4. The van der Waals surface area contributed by atoms with Gasteiger partial charge in [-0.2, -0.15) is 0 Å². The molecular weight excluding hydrogens is 379 g/mol. The Morgan fingerprint density at radius 3 is 2.08 bits per heavy atom. The zero-order valence-corrected chi connectivity index (χ0v) is 15.6. The van der Waals surface area contributed by atoms with Crippen LogP contribution >= 0.6 is 22.7 Å². The van der Waals surface area contributed by atoms with Crippen LogP contribution in [0.5, 0.6) is 0 Å². The topological polar surface area (TPSA) is 59.9 Å². The molecule has 25 heavy (non-hydrogen) atoms. The molecule has 4 nitrogen and oxygen atoms in total. The van der Waals surface area contributed by atoms with Crippen LogP contribution in [-0.4, -0.2) is 18.4 Å². The van der Waals surface area contributed by atoms with Crippen LogP contribution in [0, 0.1) is 0 Å². The first-order valence-electron chi connectivity index (χ1n) is 7.61. The summed E-state index contributed by atoms with van der Waals surface area (Å²) in [6, 6.07) is 14.2. The summed E-state index contributed by atoms with van der Waals surface area (Å²) in [5.41, 5.74) is 1.14. The third-order valence-electron chi connectivity index (χ3n) is 4.00. The smallest absolute Gasteiger partial charge is 0.237 e. The van der Waals surface area contributed by atoms with Gasteiger partial charge in [-0.1, -0.05) is 31.2 Å². The third kappa shape index (κ3) is 2.47. The molecule has 2 aromatic carbocycles. The van der Waals surface area contributed by atoms with Crippen LogP contribution in [-0.2, 0) is 14.8 Å². The molecule has 0 aliphatic rings. The highest BCUT2D eigenvalue weighted by molar-refractivity contribution is 7.94. The first kappa shape index (κ1) is 16.6. The summed E-state index contributed by atoms with van der Waals surface area (Å²) >= 11 is 2.05. The van der Waals surface area contributed by atoms with Crippen LogP contribution in [0.1, 0.15) is 18.4 Å². The van der Waals surface area contributed by atoms with Gasteiger partial charge >= 0.3 is 0 Å². The summed E-state index contributed by atoms with van der Waals surface area (Å²) in [5, 5.41) is -2.64. The van der Waals surface area contributed by atoms with Crippen molar-refractivity contribution in [2.75, 3.05) is 0 Å². The van der Waals surface area contributed by atoms with E-state index in [1.165, 1.54) is 6.92 Å². The number of para-hydroxylation sites is 2. The Kier molecular flexibility index (Phi) is 3.86. The van der Waals surface area contributed by atoms with Crippen molar-refractivity contribution in [3.63, 3.8) is 0 Å². The average Bonchev–Trinajstić information content (AvgIpc) is 3.25. The van der Waals surface area contributed by atoms with Crippen molar-refractivity contribution in [3.05, 3.63) is 53.5 Å². The Bertz CT molecular complexity index is 1120. The van der Waals surface area contributed by atoms with E-state index in [1.54, 1.807) is 42.5 Å². The molecule has 1 unspecified atom stereocenters. The minimum absolute atomic E-state index is 0.0459. The maximum atomic E-state index is 15.8. The standard InChI is InChI=1S/C17H13FN2O2S3/c1-2-17(18,15-19-11-7-3-5-9-13(11)23-15)25(21,22)16-20-12-8-4-6-10-14(12)24-16/h3-10H,2H2,1H3. The number of aromatic nitrogens is 2. The summed E-state index contributed by atoms with van der Waals surface area (Å²) in [6.45, 7) is 1.51. The Morgan fingerprint density at radius 1 is 0.960 bits per heavy atom. The van der Waals surface area contributed by atoms with E-state index in [1.807, 2.05) is 6.07 Å². The van der Waals surface area contributed by atoms with Gasteiger partial charge in [0.1, 0.15) is 5.01 Å². The maximum absolute atomic E-state index is 15.8. The molecule has 4 rings (SSSR count). The fourth-order valence-electron chi connectivity index (χ4n) is 2.59. The molecule has 0 aliphatic heterocycles. The van der Waals surface area contributed by atoms with E-state index in [0.29, 0.717) is 15.7 Å². The quantitative estimate of drug-likeness (QED) is 0.495. The van der Waals surface area contributed by atoms with Gasteiger partial charge in [-0.3, -0.25) is 0 Å². The van der Waals surface area contributed by atoms with Gasteiger partial charge in [0, 0.05) is 6.42 Å². The fourth-order valence-corrected chi connectivity index (χ4v) is 7.01. The Morgan fingerprint density at radius 2 is 1.52 bits per heavy atom. The lowest BCUT2D eigenvalue weighted by atomic mass is 10.3. The summed E-state index contributed by atoms with van der Waals surface area (Å²) < 4.78 is 43.2. The van der Waals surface area contributed by atoms with E-state index < -0.39 is 14.8 Å². The predicted molar refractivity (Wildman–Crippen MR) is 99.5 cm³/mol. The highest BCUT2D eigenvalue weighted by atomic mass is 32.2. The van der Waals surface area contributed by atoms with Gasteiger partial charge < -0.3 is 0 Å². The number of nitrogens with zero attached hydrogens (tertiary/aromatic N) is 2. The highest BCUT2D eigenvalue weighted by Crippen LogP contribution is 2.44. The Labute approximate surface area is 151 Å². The Hall–Kier alpha value is -1.90. The van der Waals surface area contributed by atoms with Crippen LogP contribution in [0.2, 0.25) is 0 Å². The molecule has 2 aromatic heterocycles. The van der Waals surface area contributed by atoms with Gasteiger partial charge in [0.2, 0.25) is 14.2 Å². The molecule has 0 radical (unpaired) electrons. The second-order valence-corrected chi connectivity index (χ2v) is 9.88. The lowest BCUT2D eigenvalue weighted by Crippen LogP contribution is -2.30. The highest BCUT2D eigenvalue weighted by Gasteiger charge is 2.50. The Balaban J connectivity index is 1.90. The number of halogens is 1. The molecule has 0 saturated carbocycles. The summed E-state index contributed by atoms with van der Waals surface area (Å²) in [5.74, 6) is 0. The molecule has 0 bridgehead atoms. The average molecular weight is 393 g/mol. The van der Waals surface area contributed by atoms with E-state index in [4.69, 9.17) is 0 Å². The van der Waals surface area contributed by atoms with Gasteiger partial charge in [0.25, 0.3) is 5.00 Å². The number of fused-ring (bicyclic) bond motifs is 2. The number of alkyl halides is 1. The van der Waals surface area contributed by atoms with Crippen molar-refractivity contribution in [1.29, 1.82) is 0 Å². The van der Waals surface area contributed by atoms with Crippen LogP contribution in [0.25, 0.3) is 20.4 Å². The largest absolute Gasteiger partial charge is 0.268 e. The second kappa shape index (κ2) is 5.82. The van der Waals surface area contributed by atoms with Crippen molar-refractivity contribution >= 4 is 52.9 Å². The molecule has 4 aromatic rings. The predicted octanol–water partition coefficient (Wildman–Crippen LogP) is 4.91. The minimum atomic E-state index is -4.32. The van der Waals surface area contributed by atoms with Gasteiger partial charge in [0.05, 0.1) is 20.4 Å². The van der Waals surface area contributed by atoms with Crippen LogP contribution in [0.15, 0.2) is 52.9 Å². The van der Waals surface area contributed by atoms with E-state index in [2.05, 4.69) is 9.97 Å². The molecule has 0 N–H and O–H groups in total. The molecule has 8 heteroatoms. The van der Waals surface area contributed by atoms with E-state index in [9.17, 15) is 8.42 Å². The first-order valence-corrected chi connectivity index (χ1v) is 10.7.